The molecule has 1 unspecified atom stereocenters. The third-order valence-electron chi connectivity index (χ3n) is 3.96. The van der Waals surface area contributed by atoms with E-state index in [0.717, 1.165) is 27.6 Å². The molecule has 3 heteroatoms. The minimum atomic E-state index is 0.217. The van der Waals surface area contributed by atoms with Crippen molar-refractivity contribution in [2.24, 2.45) is 0 Å². The van der Waals surface area contributed by atoms with Crippen LogP contribution >= 0.6 is 11.6 Å². The lowest BCUT2D eigenvalue weighted by molar-refractivity contribution is 0.474. The molecule has 0 aliphatic heterocycles. The average Bonchev–Trinajstić information content (AvgIpc) is 2.47. The highest BCUT2D eigenvalue weighted by atomic mass is 35.5. The molecule has 2 rings (SSSR count). The monoisotopic (exact) mass is 303 g/mol. The summed E-state index contributed by atoms with van der Waals surface area (Å²) in [7, 11) is 1.92. The average molecular weight is 304 g/mol. The third-order valence-corrected chi connectivity index (χ3v) is 4.29. The molecule has 1 atom stereocenters. The summed E-state index contributed by atoms with van der Waals surface area (Å²) < 4.78 is 6.07. The number of benzene rings is 2. The molecule has 0 saturated heterocycles. The van der Waals surface area contributed by atoms with E-state index in [1.54, 1.807) is 0 Å². The molecule has 0 aromatic heterocycles. The molecule has 2 aromatic carbocycles. The second-order valence-electron chi connectivity index (χ2n) is 5.45. The van der Waals surface area contributed by atoms with E-state index in [4.69, 9.17) is 16.3 Å². The van der Waals surface area contributed by atoms with E-state index in [0.29, 0.717) is 0 Å². The molecule has 0 aliphatic carbocycles. The minimum absolute atomic E-state index is 0.217. The fourth-order valence-corrected chi connectivity index (χ4v) is 2.61. The van der Waals surface area contributed by atoms with Gasteiger partial charge < -0.3 is 10.1 Å². The topological polar surface area (TPSA) is 21.3 Å². The van der Waals surface area contributed by atoms with E-state index in [2.05, 4.69) is 45.1 Å². The van der Waals surface area contributed by atoms with Gasteiger partial charge in [-0.3, -0.25) is 0 Å². The summed E-state index contributed by atoms with van der Waals surface area (Å²) in [6.45, 7) is 8.31. The van der Waals surface area contributed by atoms with Crippen molar-refractivity contribution in [1.29, 1.82) is 0 Å². The molecule has 0 aliphatic rings. The maximum absolute atomic E-state index is 6.36. The zero-order valence-electron chi connectivity index (χ0n) is 13.3. The van der Waals surface area contributed by atoms with Gasteiger partial charge in [0.05, 0.1) is 0 Å². The number of nitrogens with one attached hydrogen (secondary N) is 1. The molecule has 0 heterocycles. The van der Waals surface area contributed by atoms with E-state index in [1.807, 2.05) is 25.2 Å². The van der Waals surface area contributed by atoms with Crippen LogP contribution in [-0.2, 0) is 0 Å². The Morgan fingerprint density at radius 3 is 2.33 bits per heavy atom. The predicted octanol–water partition coefficient (Wildman–Crippen LogP) is 5.34. The van der Waals surface area contributed by atoms with Crippen LogP contribution in [0.1, 0.15) is 35.2 Å². The Bertz CT molecular complexity index is 652. The lowest BCUT2D eigenvalue weighted by Gasteiger charge is -2.16. The van der Waals surface area contributed by atoms with Crippen LogP contribution in [0.5, 0.6) is 11.5 Å². The van der Waals surface area contributed by atoms with Gasteiger partial charge in [0.1, 0.15) is 11.5 Å². The zero-order chi connectivity index (χ0) is 15.6. The summed E-state index contributed by atoms with van der Waals surface area (Å²) in [4.78, 5) is 0. The molecule has 21 heavy (non-hydrogen) atoms. The van der Waals surface area contributed by atoms with E-state index in [9.17, 15) is 0 Å². The maximum Gasteiger partial charge on any atom is 0.133 e. The Labute approximate surface area is 132 Å². The van der Waals surface area contributed by atoms with Gasteiger partial charge in [-0.1, -0.05) is 29.8 Å². The van der Waals surface area contributed by atoms with Crippen molar-refractivity contribution in [1.82, 2.24) is 5.32 Å². The summed E-state index contributed by atoms with van der Waals surface area (Å²) >= 11 is 6.36. The molecule has 0 bridgehead atoms. The molecule has 0 spiro atoms. The second-order valence-corrected chi connectivity index (χ2v) is 5.86. The molecule has 1 N–H and O–H groups in total. The lowest BCUT2D eigenvalue weighted by Crippen LogP contribution is -2.12. The van der Waals surface area contributed by atoms with Crippen LogP contribution in [-0.4, -0.2) is 7.05 Å². The normalized spacial score (nSPS) is 12.3. The smallest absolute Gasteiger partial charge is 0.133 e. The SMILES string of the molecule is CNC(C)c1ccc(Oc2c(C)ccc(C)c2C)cc1Cl. The molecular formula is C18H22ClNO. The van der Waals surface area contributed by atoms with E-state index >= 15 is 0 Å². The Balaban J connectivity index is 2.33. The first-order valence-electron chi connectivity index (χ1n) is 7.15. The van der Waals surface area contributed by atoms with Crippen molar-refractivity contribution in [2.75, 3.05) is 7.05 Å². The summed E-state index contributed by atoms with van der Waals surface area (Å²) in [5.41, 5.74) is 4.59. The van der Waals surface area contributed by atoms with Gasteiger partial charge in [0.2, 0.25) is 0 Å². The van der Waals surface area contributed by atoms with Crippen LogP contribution in [0, 0.1) is 20.8 Å². The number of halogens is 1. The number of hydrogen-bond acceptors (Lipinski definition) is 2. The number of rotatable bonds is 4. The van der Waals surface area contributed by atoms with Crippen LogP contribution < -0.4 is 10.1 Å². The van der Waals surface area contributed by atoms with Gasteiger partial charge in [-0.2, -0.15) is 0 Å². The van der Waals surface area contributed by atoms with E-state index in [1.165, 1.54) is 11.1 Å². The molecule has 0 fully saturated rings. The van der Waals surface area contributed by atoms with Crippen molar-refractivity contribution in [3.63, 3.8) is 0 Å². The highest BCUT2D eigenvalue weighted by molar-refractivity contribution is 6.31. The van der Waals surface area contributed by atoms with Gasteiger partial charge in [0, 0.05) is 11.1 Å². The highest BCUT2D eigenvalue weighted by Crippen LogP contribution is 2.33. The van der Waals surface area contributed by atoms with Crippen LogP contribution in [0.15, 0.2) is 30.3 Å². The van der Waals surface area contributed by atoms with Crippen molar-refractivity contribution < 1.29 is 4.74 Å². The lowest BCUT2D eigenvalue weighted by atomic mass is 10.1. The molecule has 0 saturated carbocycles. The molecule has 2 nitrogen and oxygen atoms in total. The minimum Gasteiger partial charge on any atom is -0.457 e. The van der Waals surface area contributed by atoms with Crippen LogP contribution in [0.2, 0.25) is 5.02 Å². The van der Waals surface area contributed by atoms with Crippen LogP contribution in [0.3, 0.4) is 0 Å². The molecular weight excluding hydrogens is 282 g/mol. The van der Waals surface area contributed by atoms with Gasteiger partial charge >= 0.3 is 0 Å². The van der Waals surface area contributed by atoms with E-state index in [-0.39, 0.29) is 6.04 Å². The summed E-state index contributed by atoms with van der Waals surface area (Å²) in [6, 6.07) is 10.3. The quantitative estimate of drug-likeness (QED) is 0.823. The van der Waals surface area contributed by atoms with Gasteiger partial charge in [0.15, 0.2) is 0 Å². The first kappa shape index (κ1) is 15.9. The van der Waals surface area contributed by atoms with Gasteiger partial charge in [-0.05, 0) is 69.1 Å². The second kappa shape index (κ2) is 6.50. The summed E-state index contributed by atoms with van der Waals surface area (Å²) in [6.07, 6.45) is 0. The fourth-order valence-electron chi connectivity index (χ4n) is 2.28. The molecule has 0 radical (unpaired) electrons. The fraction of sp³-hybridized carbons (Fsp3) is 0.333. The van der Waals surface area contributed by atoms with Gasteiger partial charge in [0.25, 0.3) is 0 Å². The molecule has 0 amide bonds. The zero-order valence-corrected chi connectivity index (χ0v) is 14.0. The van der Waals surface area contributed by atoms with Gasteiger partial charge in [-0.25, -0.2) is 0 Å². The Hall–Kier alpha value is -1.51. The first-order chi connectivity index (χ1) is 9.93. The highest BCUT2D eigenvalue weighted by Gasteiger charge is 2.11. The van der Waals surface area contributed by atoms with Crippen LogP contribution in [0.25, 0.3) is 0 Å². The van der Waals surface area contributed by atoms with Crippen molar-refractivity contribution in [3.05, 3.63) is 57.6 Å². The number of aryl methyl sites for hydroxylation is 2. The number of hydrogen-bond donors (Lipinski definition) is 1. The van der Waals surface area contributed by atoms with Crippen LogP contribution in [0.4, 0.5) is 0 Å². The third kappa shape index (κ3) is 3.39. The van der Waals surface area contributed by atoms with Crippen molar-refractivity contribution >= 4 is 11.6 Å². The predicted molar refractivity (Wildman–Crippen MR) is 89.7 cm³/mol. The van der Waals surface area contributed by atoms with E-state index < -0.39 is 0 Å². The number of ether oxygens (including phenoxy) is 1. The Kier molecular flexibility index (Phi) is 4.92. The van der Waals surface area contributed by atoms with Gasteiger partial charge in [-0.15, -0.1) is 0 Å². The Morgan fingerprint density at radius 2 is 1.71 bits per heavy atom. The molecule has 112 valence electrons. The standard InChI is InChI=1S/C18H22ClNO/c1-11-6-7-12(2)18(13(11)3)21-15-8-9-16(14(4)20-5)17(19)10-15/h6-10,14,20H,1-5H3. The van der Waals surface area contributed by atoms with Crippen molar-refractivity contribution in [2.45, 2.75) is 33.7 Å². The van der Waals surface area contributed by atoms with Crippen molar-refractivity contribution in [3.8, 4) is 11.5 Å². The maximum atomic E-state index is 6.36. The Morgan fingerprint density at radius 1 is 1.05 bits per heavy atom. The first-order valence-corrected chi connectivity index (χ1v) is 7.53. The summed E-state index contributed by atoms with van der Waals surface area (Å²) in [5.74, 6) is 1.68. The largest absolute Gasteiger partial charge is 0.457 e. The summed E-state index contributed by atoms with van der Waals surface area (Å²) in [5, 5.41) is 3.91. The molecule has 2 aromatic rings.